The summed E-state index contributed by atoms with van der Waals surface area (Å²) in [5.41, 5.74) is 3.41. The summed E-state index contributed by atoms with van der Waals surface area (Å²) in [6.45, 7) is 1.17. The number of carbonyl (C=O) groups is 3. The van der Waals surface area contributed by atoms with E-state index in [4.69, 9.17) is 10.5 Å². The van der Waals surface area contributed by atoms with Crippen LogP contribution in [0.1, 0.15) is 25.7 Å². The molecule has 13 heteroatoms. The van der Waals surface area contributed by atoms with Gasteiger partial charge in [0.1, 0.15) is 22.8 Å². The number of likely N-dealkylation sites (tertiary alicyclic amines) is 1. The van der Waals surface area contributed by atoms with E-state index in [2.05, 4.69) is 15.2 Å². The minimum atomic E-state index is -1.56. The Kier molecular flexibility index (Phi) is 8.27. The van der Waals surface area contributed by atoms with Crippen LogP contribution < -0.4 is 20.7 Å². The molecule has 2 aliphatic rings. The molecule has 5 rings (SSSR count). The van der Waals surface area contributed by atoms with Crippen LogP contribution in [0.15, 0.2) is 54.7 Å². The second-order valence-corrected chi connectivity index (χ2v) is 10.9. The van der Waals surface area contributed by atoms with Crippen LogP contribution in [0.5, 0.6) is 11.5 Å². The number of hydrogen-bond donors (Lipinski definition) is 2. The summed E-state index contributed by atoms with van der Waals surface area (Å²) < 4.78 is 50.1. The Bertz CT molecular complexity index is 1540. The summed E-state index contributed by atoms with van der Waals surface area (Å²) in [7, 11) is 4.01. The Morgan fingerprint density at radius 1 is 1.00 bits per heavy atom. The molecule has 0 radical (unpaired) electrons. The highest BCUT2D eigenvalue weighted by atomic mass is 19.1. The number of nitrogens with two attached hydrogens (primary N) is 1. The summed E-state index contributed by atoms with van der Waals surface area (Å²) in [5, 5.41) is 2.70. The number of piperidine rings is 1. The normalized spacial score (nSPS) is 16.1. The number of nitrogens with one attached hydrogen (secondary N) is 1. The Morgan fingerprint density at radius 2 is 1.67 bits per heavy atom. The highest BCUT2D eigenvalue weighted by Gasteiger charge is 2.57. The number of amides is 4. The van der Waals surface area contributed by atoms with E-state index >= 15 is 8.78 Å². The van der Waals surface area contributed by atoms with Gasteiger partial charge in [-0.1, -0.05) is 0 Å². The van der Waals surface area contributed by atoms with Crippen molar-refractivity contribution >= 4 is 35.0 Å². The number of benzene rings is 2. The van der Waals surface area contributed by atoms with Crippen LogP contribution in [0.2, 0.25) is 0 Å². The first-order chi connectivity index (χ1) is 20.5. The number of aromatic nitrogens is 1. The number of primary amides is 1. The highest BCUT2D eigenvalue weighted by Crippen LogP contribution is 2.49. The molecule has 3 N–H and O–H groups in total. The number of pyridine rings is 1. The monoisotopic (exact) mass is 596 g/mol. The predicted octanol–water partition coefficient (Wildman–Crippen LogP) is 4.78. The van der Waals surface area contributed by atoms with Crippen LogP contribution in [0.4, 0.5) is 35.2 Å². The predicted molar refractivity (Wildman–Crippen MR) is 152 cm³/mol. The lowest BCUT2D eigenvalue weighted by molar-refractivity contribution is -0.133. The molecule has 1 aromatic heterocycles. The standard InChI is InChI=1S/C30H31F3N6O4/c1-37(2)19-8-13-38(14-9-19)29(42)36-26-15-21(7-12-35-26)43-25-17-22(32)24(16-23(25)33)39(20-5-3-18(31)4-6-20)28(41)30(10-11-30)27(34)40/h3-7,12,15-17,19H,8-11,13-14H2,1-2H3,(H2,34,40)(H,35,36,42). The molecule has 1 saturated carbocycles. The molecule has 226 valence electrons. The van der Waals surface area contributed by atoms with Crippen LogP contribution in [0.3, 0.4) is 0 Å². The lowest BCUT2D eigenvalue weighted by atomic mass is 10.0. The largest absolute Gasteiger partial charge is 0.454 e. The number of anilines is 3. The SMILES string of the molecule is CN(C)C1CCN(C(=O)Nc2cc(Oc3cc(F)c(N(C(=O)C4(C(N)=O)CC4)c4ccc(F)cc4)cc3F)ccn2)CC1. The zero-order valence-electron chi connectivity index (χ0n) is 23.6. The van der Waals surface area contributed by atoms with E-state index in [0.717, 1.165) is 42.0 Å². The van der Waals surface area contributed by atoms with E-state index < -0.39 is 46.1 Å². The Balaban J connectivity index is 1.35. The minimum absolute atomic E-state index is 0.0198. The van der Waals surface area contributed by atoms with Crippen LogP contribution in [0, 0.1) is 22.9 Å². The molecule has 43 heavy (non-hydrogen) atoms. The first-order valence-corrected chi connectivity index (χ1v) is 13.7. The van der Waals surface area contributed by atoms with Crippen molar-refractivity contribution in [1.29, 1.82) is 0 Å². The third-order valence-electron chi connectivity index (χ3n) is 7.84. The minimum Gasteiger partial charge on any atom is -0.454 e. The van der Waals surface area contributed by atoms with Gasteiger partial charge in [0, 0.05) is 49.2 Å². The smallest absolute Gasteiger partial charge is 0.323 e. The average molecular weight is 597 g/mol. The van der Waals surface area contributed by atoms with Gasteiger partial charge in [-0.2, -0.15) is 0 Å². The molecule has 1 aliphatic carbocycles. The van der Waals surface area contributed by atoms with Crippen molar-refractivity contribution in [3.8, 4) is 11.5 Å². The number of nitrogens with zero attached hydrogens (tertiary/aromatic N) is 4. The Labute approximate surface area is 246 Å². The number of carbonyl (C=O) groups excluding carboxylic acids is 3. The molecule has 2 aromatic carbocycles. The van der Waals surface area contributed by atoms with E-state index in [1.54, 1.807) is 4.90 Å². The van der Waals surface area contributed by atoms with Crippen molar-refractivity contribution in [3.63, 3.8) is 0 Å². The number of rotatable bonds is 8. The maximum Gasteiger partial charge on any atom is 0.323 e. The Morgan fingerprint density at radius 3 is 2.28 bits per heavy atom. The quantitative estimate of drug-likeness (QED) is 0.361. The molecular formula is C30H31F3N6O4. The summed E-state index contributed by atoms with van der Waals surface area (Å²) in [4.78, 5) is 47.0. The summed E-state index contributed by atoms with van der Waals surface area (Å²) >= 11 is 0. The molecule has 3 aromatic rings. The lowest BCUT2D eigenvalue weighted by Gasteiger charge is -2.35. The second-order valence-electron chi connectivity index (χ2n) is 10.9. The third kappa shape index (κ3) is 6.26. The van der Waals surface area contributed by atoms with Gasteiger partial charge in [-0.05, 0) is 70.1 Å². The van der Waals surface area contributed by atoms with Gasteiger partial charge >= 0.3 is 6.03 Å². The van der Waals surface area contributed by atoms with Gasteiger partial charge in [0.25, 0.3) is 0 Å². The van der Waals surface area contributed by atoms with Gasteiger partial charge in [-0.15, -0.1) is 0 Å². The number of ether oxygens (including phenoxy) is 1. The van der Waals surface area contributed by atoms with Crippen molar-refractivity contribution in [3.05, 3.63) is 72.2 Å². The molecule has 0 bridgehead atoms. The molecule has 4 amide bonds. The number of halogens is 3. The lowest BCUT2D eigenvalue weighted by Crippen LogP contribution is -2.46. The fourth-order valence-electron chi connectivity index (χ4n) is 5.07. The maximum absolute atomic E-state index is 15.5. The summed E-state index contributed by atoms with van der Waals surface area (Å²) in [5.74, 6) is -4.68. The van der Waals surface area contributed by atoms with Gasteiger partial charge in [-0.3, -0.25) is 19.8 Å². The second kappa shape index (κ2) is 11.9. The molecule has 10 nitrogen and oxygen atoms in total. The van der Waals surface area contributed by atoms with Gasteiger partial charge in [0.05, 0.1) is 5.69 Å². The molecule has 0 unspecified atom stereocenters. The summed E-state index contributed by atoms with van der Waals surface area (Å²) in [6, 6.07) is 8.88. The molecule has 1 aliphatic heterocycles. The van der Waals surface area contributed by atoms with Gasteiger partial charge in [0.2, 0.25) is 11.8 Å². The summed E-state index contributed by atoms with van der Waals surface area (Å²) in [6.07, 6.45) is 3.33. The van der Waals surface area contributed by atoms with Gasteiger partial charge in [0.15, 0.2) is 17.4 Å². The van der Waals surface area contributed by atoms with E-state index in [-0.39, 0.29) is 36.1 Å². The number of urea groups is 1. The molecular weight excluding hydrogens is 565 g/mol. The topological polar surface area (TPSA) is 121 Å². The van der Waals surface area contributed by atoms with Gasteiger partial charge in [-0.25, -0.2) is 22.9 Å². The van der Waals surface area contributed by atoms with Crippen LogP contribution in [0.25, 0.3) is 0 Å². The van der Waals surface area contributed by atoms with Crippen LogP contribution in [-0.2, 0) is 9.59 Å². The van der Waals surface area contributed by atoms with Crippen molar-refractivity contribution in [2.75, 3.05) is 37.4 Å². The molecule has 0 atom stereocenters. The first kappa shape index (κ1) is 29.8. The highest BCUT2D eigenvalue weighted by molar-refractivity contribution is 6.16. The van der Waals surface area contributed by atoms with Crippen molar-refractivity contribution in [2.45, 2.75) is 31.7 Å². The van der Waals surface area contributed by atoms with E-state index in [0.29, 0.717) is 19.1 Å². The molecule has 2 heterocycles. The zero-order chi connectivity index (χ0) is 30.9. The van der Waals surface area contributed by atoms with Crippen molar-refractivity contribution < 1.29 is 32.3 Å². The molecule has 1 saturated heterocycles. The van der Waals surface area contributed by atoms with Crippen molar-refractivity contribution in [2.24, 2.45) is 11.1 Å². The van der Waals surface area contributed by atoms with E-state index in [9.17, 15) is 18.8 Å². The van der Waals surface area contributed by atoms with E-state index in [1.165, 1.54) is 30.5 Å². The molecule has 0 spiro atoms. The van der Waals surface area contributed by atoms with E-state index in [1.807, 2.05) is 14.1 Å². The third-order valence-corrected chi connectivity index (χ3v) is 7.84. The average Bonchev–Trinajstić information content (AvgIpc) is 3.79. The zero-order valence-corrected chi connectivity index (χ0v) is 23.6. The van der Waals surface area contributed by atoms with Crippen LogP contribution >= 0.6 is 0 Å². The first-order valence-electron chi connectivity index (χ1n) is 13.7. The number of hydrogen-bond acceptors (Lipinski definition) is 6. The maximum atomic E-state index is 15.5. The molecule has 2 fully saturated rings. The van der Waals surface area contributed by atoms with Crippen molar-refractivity contribution in [1.82, 2.24) is 14.8 Å². The fraction of sp³-hybridized carbons (Fsp3) is 0.333. The van der Waals surface area contributed by atoms with Crippen LogP contribution in [-0.4, -0.2) is 65.9 Å². The fourth-order valence-corrected chi connectivity index (χ4v) is 5.07. The Hall–Kier alpha value is -4.65. The van der Waals surface area contributed by atoms with Gasteiger partial charge < -0.3 is 20.3 Å².